The van der Waals surface area contributed by atoms with E-state index < -0.39 is 11.9 Å². The molecular weight excluding hydrogens is 366 g/mol. The Hall–Kier alpha value is -3.59. The van der Waals surface area contributed by atoms with Gasteiger partial charge in [0.2, 0.25) is 0 Å². The summed E-state index contributed by atoms with van der Waals surface area (Å²) in [7, 11) is 0. The summed E-state index contributed by atoms with van der Waals surface area (Å²) in [5.41, 5.74) is 3.99. The molecule has 0 unspecified atom stereocenters. The summed E-state index contributed by atoms with van der Waals surface area (Å²) in [6.07, 6.45) is 3.10. The van der Waals surface area contributed by atoms with E-state index >= 15 is 0 Å². The van der Waals surface area contributed by atoms with E-state index in [4.69, 9.17) is 4.74 Å². The van der Waals surface area contributed by atoms with E-state index in [1.165, 1.54) is 6.20 Å². The zero-order chi connectivity index (χ0) is 21.2. The first-order chi connectivity index (χ1) is 14.0. The Morgan fingerprint density at radius 1 is 1.03 bits per heavy atom. The Bertz CT molecular complexity index is 919. The van der Waals surface area contributed by atoms with Crippen LogP contribution in [0.15, 0.2) is 54.2 Å². The minimum atomic E-state index is -0.532. The van der Waals surface area contributed by atoms with Crippen molar-refractivity contribution in [3.05, 3.63) is 70.9 Å². The number of aryl methyl sites for hydroxylation is 2. The van der Waals surface area contributed by atoms with Crippen molar-refractivity contribution >= 4 is 23.3 Å². The van der Waals surface area contributed by atoms with Gasteiger partial charge < -0.3 is 15.4 Å². The highest BCUT2D eigenvalue weighted by Gasteiger charge is 2.12. The van der Waals surface area contributed by atoms with Gasteiger partial charge in [-0.2, -0.15) is 5.26 Å². The smallest absolute Gasteiger partial charge is 0.338 e. The van der Waals surface area contributed by atoms with E-state index in [-0.39, 0.29) is 5.57 Å². The lowest BCUT2D eigenvalue weighted by atomic mass is 10.0. The molecule has 2 aromatic rings. The molecule has 0 atom stereocenters. The van der Waals surface area contributed by atoms with E-state index in [2.05, 4.69) is 24.5 Å². The molecule has 0 spiro atoms. The summed E-state index contributed by atoms with van der Waals surface area (Å²) < 4.78 is 4.93. The molecule has 2 rings (SSSR count). The fourth-order valence-corrected chi connectivity index (χ4v) is 2.82. The van der Waals surface area contributed by atoms with Crippen LogP contribution in [-0.4, -0.2) is 18.5 Å². The number of ether oxygens (including phenoxy) is 1. The zero-order valence-corrected chi connectivity index (χ0v) is 16.9. The average molecular weight is 391 g/mol. The quantitative estimate of drug-likeness (QED) is 0.394. The van der Waals surface area contributed by atoms with Crippen LogP contribution in [0.3, 0.4) is 0 Å². The van der Waals surface area contributed by atoms with E-state index in [0.717, 1.165) is 29.7 Å². The van der Waals surface area contributed by atoms with Crippen LogP contribution in [0.1, 0.15) is 42.3 Å². The number of rotatable bonds is 8. The third-order valence-corrected chi connectivity index (χ3v) is 4.38. The summed E-state index contributed by atoms with van der Waals surface area (Å²) in [6, 6.07) is 14.3. The highest BCUT2D eigenvalue weighted by Crippen LogP contribution is 2.23. The minimum absolute atomic E-state index is 0.0487. The molecule has 0 saturated heterocycles. The number of nitrogens with one attached hydrogen (secondary N) is 2. The number of nitriles is 1. The fourth-order valence-electron chi connectivity index (χ4n) is 2.82. The number of hydrogen-bond acceptors (Lipinski definition) is 5. The molecule has 2 aromatic carbocycles. The van der Waals surface area contributed by atoms with Crippen molar-refractivity contribution in [2.24, 2.45) is 0 Å². The summed E-state index contributed by atoms with van der Waals surface area (Å²) >= 11 is 0. The number of carbonyl (C=O) groups excluding carboxylic acids is 2. The van der Waals surface area contributed by atoms with Crippen LogP contribution in [-0.2, 0) is 22.4 Å². The molecular formula is C23H25N3O3. The maximum atomic E-state index is 12.5. The SMILES string of the molecule is CCOC(=O)c1ccc(NC(=O)/C(C#N)=C\Nc2c(CC)cccc2CC)cc1. The van der Waals surface area contributed by atoms with Gasteiger partial charge in [0.25, 0.3) is 5.91 Å². The second-order valence-corrected chi connectivity index (χ2v) is 6.22. The first-order valence-electron chi connectivity index (χ1n) is 9.60. The lowest BCUT2D eigenvalue weighted by Gasteiger charge is -2.13. The third-order valence-electron chi connectivity index (χ3n) is 4.38. The van der Waals surface area contributed by atoms with Crippen molar-refractivity contribution in [3.8, 4) is 6.07 Å². The van der Waals surface area contributed by atoms with E-state index in [9.17, 15) is 14.9 Å². The fraction of sp³-hybridized carbons (Fsp3) is 0.261. The van der Waals surface area contributed by atoms with Gasteiger partial charge in [-0.15, -0.1) is 0 Å². The van der Waals surface area contributed by atoms with E-state index in [0.29, 0.717) is 17.9 Å². The molecule has 0 aliphatic rings. The number of benzene rings is 2. The molecule has 0 aliphatic carbocycles. The van der Waals surface area contributed by atoms with Crippen molar-refractivity contribution in [1.82, 2.24) is 0 Å². The highest BCUT2D eigenvalue weighted by molar-refractivity contribution is 6.07. The summed E-state index contributed by atoms with van der Waals surface area (Å²) in [6.45, 7) is 6.14. The number of para-hydroxylation sites is 1. The number of carbonyl (C=O) groups is 2. The maximum Gasteiger partial charge on any atom is 0.338 e. The molecule has 0 radical (unpaired) electrons. The first kappa shape index (κ1) is 21.7. The molecule has 1 amide bonds. The van der Waals surface area contributed by atoms with Gasteiger partial charge in [-0.1, -0.05) is 32.0 Å². The number of amides is 1. The van der Waals surface area contributed by atoms with Crippen LogP contribution in [0.25, 0.3) is 0 Å². The molecule has 29 heavy (non-hydrogen) atoms. The largest absolute Gasteiger partial charge is 0.462 e. The van der Waals surface area contributed by atoms with Gasteiger partial charge in [-0.3, -0.25) is 4.79 Å². The number of anilines is 2. The molecule has 0 fully saturated rings. The lowest BCUT2D eigenvalue weighted by molar-refractivity contribution is -0.112. The van der Waals surface area contributed by atoms with E-state index in [1.807, 2.05) is 24.3 Å². The monoisotopic (exact) mass is 391 g/mol. The molecule has 6 heteroatoms. The van der Waals surface area contributed by atoms with Crippen LogP contribution >= 0.6 is 0 Å². The Morgan fingerprint density at radius 3 is 2.17 bits per heavy atom. The zero-order valence-electron chi connectivity index (χ0n) is 16.9. The second kappa shape index (κ2) is 10.7. The van der Waals surface area contributed by atoms with Crippen LogP contribution in [0.5, 0.6) is 0 Å². The molecule has 2 N–H and O–H groups in total. The van der Waals surface area contributed by atoms with Gasteiger partial charge in [0.15, 0.2) is 0 Å². The number of esters is 1. The van der Waals surface area contributed by atoms with Crippen LogP contribution in [0.4, 0.5) is 11.4 Å². The summed E-state index contributed by atoms with van der Waals surface area (Å²) in [5, 5.41) is 15.2. The van der Waals surface area contributed by atoms with Gasteiger partial charge in [-0.25, -0.2) is 4.79 Å². The molecule has 6 nitrogen and oxygen atoms in total. The topological polar surface area (TPSA) is 91.2 Å². The van der Waals surface area contributed by atoms with Crippen molar-refractivity contribution in [2.75, 3.05) is 17.2 Å². The van der Waals surface area contributed by atoms with Gasteiger partial charge in [0.05, 0.1) is 12.2 Å². The average Bonchev–Trinajstić information content (AvgIpc) is 2.74. The maximum absolute atomic E-state index is 12.5. The van der Waals surface area contributed by atoms with Gasteiger partial charge in [-0.05, 0) is 55.2 Å². The Kier molecular flexibility index (Phi) is 7.99. The normalized spacial score (nSPS) is 10.8. The molecule has 150 valence electrons. The third kappa shape index (κ3) is 5.69. The standard InChI is InChI=1S/C23H25N3O3/c1-4-16-8-7-9-17(5-2)21(16)25-15-19(14-24)22(27)26-20-12-10-18(11-13-20)23(28)29-6-3/h7-13,15,25H,4-6H2,1-3H3,(H,26,27)/b19-15-. The lowest BCUT2D eigenvalue weighted by Crippen LogP contribution is -2.15. The Labute approximate surface area is 171 Å². The van der Waals surface area contributed by atoms with Gasteiger partial charge >= 0.3 is 5.97 Å². The summed E-state index contributed by atoms with van der Waals surface area (Å²) in [4.78, 5) is 24.1. The predicted molar refractivity (Wildman–Crippen MR) is 114 cm³/mol. The predicted octanol–water partition coefficient (Wildman–Crippen LogP) is 4.45. The second-order valence-electron chi connectivity index (χ2n) is 6.22. The van der Waals surface area contributed by atoms with Crippen molar-refractivity contribution in [3.63, 3.8) is 0 Å². The van der Waals surface area contributed by atoms with Crippen molar-refractivity contribution < 1.29 is 14.3 Å². The molecule has 0 bridgehead atoms. The number of nitrogens with zero attached hydrogens (tertiary/aromatic N) is 1. The molecule has 0 saturated carbocycles. The number of hydrogen-bond donors (Lipinski definition) is 2. The summed E-state index contributed by atoms with van der Waals surface area (Å²) in [5.74, 6) is -0.954. The van der Waals surface area contributed by atoms with Crippen molar-refractivity contribution in [1.29, 1.82) is 5.26 Å². The highest BCUT2D eigenvalue weighted by atomic mass is 16.5. The van der Waals surface area contributed by atoms with Gasteiger partial charge in [0, 0.05) is 17.6 Å². The van der Waals surface area contributed by atoms with Crippen LogP contribution in [0.2, 0.25) is 0 Å². The Morgan fingerprint density at radius 2 is 1.66 bits per heavy atom. The van der Waals surface area contributed by atoms with Gasteiger partial charge in [0.1, 0.15) is 11.6 Å². The molecule has 0 aromatic heterocycles. The first-order valence-corrected chi connectivity index (χ1v) is 9.60. The molecule has 0 aliphatic heterocycles. The molecule has 0 heterocycles. The van der Waals surface area contributed by atoms with Crippen LogP contribution in [0, 0.1) is 11.3 Å². The minimum Gasteiger partial charge on any atom is -0.462 e. The van der Waals surface area contributed by atoms with Crippen molar-refractivity contribution in [2.45, 2.75) is 33.6 Å². The Balaban J connectivity index is 2.13. The van der Waals surface area contributed by atoms with E-state index in [1.54, 1.807) is 31.2 Å². The van der Waals surface area contributed by atoms with Crippen LogP contribution < -0.4 is 10.6 Å².